The smallest absolute Gasteiger partial charge is 0.260 e. The van der Waals surface area contributed by atoms with Crippen molar-refractivity contribution in [2.24, 2.45) is 16.6 Å². The van der Waals surface area contributed by atoms with E-state index in [4.69, 9.17) is 10.5 Å². The van der Waals surface area contributed by atoms with Crippen LogP contribution in [-0.2, 0) is 4.79 Å². The van der Waals surface area contributed by atoms with E-state index in [0.717, 1.165) is 12.8 Å². The van der Waals surface area contributed by atoms with Crippen LogP contribution in [0.15, 0.2) is 29.3 Å². The molecule has 1 unspecified atom stereocenters. The summed E-state index contributed by atoms with van der Waals surface area (Å²) >= 11 is 0. The fraction of sp³-hybridized carbons (Fsp3) is 0.556. The second-order valence-electron chi connectivity index (χ2n) is 6.79. The summed E-state index contributed by atoms with van der Waals surface area (Å²) in [5.41, 5.74) is 4.84. The number of guanidine groups is 1. The van der Waals surface area contributed by atoms with Gasteiger partial charge < -0.3 is 10.5 Å². The van der Waals surface area contributed by atoms with Crippen LogP contribution in [0.3, 0.4) is 0 Å². The van der Waals surface area contributed by atoms with Crippen LogP contribution in [-0.4, -0.2) is 36.0 Å². The Labute approximate surface area is 141 Å². The Morgan fingerprint density at radius 1 is 1.33 bits per heavy atom. The second-order valence-corrected chi connectivity index (χ2v) is 6.79. The number of para-hydroxylation sites is 1. The molecule has 3 rings (SSSR count). The maximum Gasteiger partial charge on any atom is 0.260 e. The maximum absolute atomic E-state index is 13.8. The highest BCUT2D eigenvalue weighted by Gasteiger charge is 2.48. The molecule has 0 aromatic heterocycles. The number of carbonyl (C=O) groups is 1. The summed E-state index contributed by atoms with van der Waals surface area (Å²) in [6.45, 7) is 0.00824. The van der Waals surface area contributed by atoms with Crippen molar-refractivity contribution in [1.82, 2.24) is 4.90 Å². The van der Waals surface area contributed by atoms with Crippen molar-refractivity contribution in [2.45, 2.75) is 44.1 Å². The summed E-state index contributed by atoms with van der Waals surface area (Å²) in [6, 6.07) is 6.19. The Balaban J connectivity index is 1.80. The third kappa shape index (κ3) is 3.23. The number of likely N-dealkylation sites (N-methyl/N-ethyl adjacent to an activating group) is 1. The highest BCUT2D eigenvalue weighted by atomic mass is 19.1. The van der Waals surface area contributed by atoms with Crippen molar-refractivity contribution < 1.29 is 13.9 Å². The Hall–Kier alpha value is -2.11. The molecule has 24 heavy (non-hydrogen) atoms. The minimum atomic E-state index is -1.04. The van der Waals surface area contributed by atoms with Crippen molar-refractivity contribution in [1.29, 1.82) is 0 Å². The van der Waals surface area contributed by atoms with E-state index in [1.165, 1.54) is 30.2 Å². The number of nitrogens with zero attached hydrogens (tertiary/aromatic N) is 2. The number of hydrogen-bond donors (Lipinski definition) is 1. The highest BCUT2D eigenvalue weighted by Crippen LogP contribution is 2.36. The molecule has 1 heterocycles. The Morgan fingerprint density at radius 3 is 2.67 bits per heavy atom. The molecule has 5 nitrogen and oxygen atoms in total. The Kier molecular flexibility index (Phi) is 4.73. The van der Waals surface area contributed by atoms with E-state index < -0.39 is 11.4 Å². The Bertz CT molecular complexity index is 643. The van der Waals surface area contributed by atoms with Gasteiger partial charge in [-0.15, -0.1) is 0 Å². The molecule has 1 amide bonds. The first-order valence-corrected chi connectivity index (χ1v) is 8.53. The summed E-state index contributed by atoms with van der Waals surface area (Å²) in [4.78, 5) is 18.6. The zero-order chi connectivity index (χ0) is 17.2. The Morgan fingerprint density at radius 2 is 2.04 bits per heavy atom. The van der Waals surface area contributed by atoms with Gasteiger partial charge >= 0.3 is 0 Å². The summed E-state index contributed by atoms with van der Waals surface area (Å²) in [7, 11) is 1.62. The SMILES string of the molecule is CN1C(=O)C(COc2ccccc2F)(CC2CCCCC2)N=C1N. The first kappa shape index (κ1) is 16.7. The summed E-state index contributed by atoms with van der Waals surface area (Å²) in [5.74, 6) is 0.155. The molecule has 6 heteroatoms. The molecule has 130 valence electrons. The van der Waals surface area contributed by atoms with E-state index >= 15 is 0 Å². The normalized spacial score (nSPS) is 25.0. The van der Waals surface area contributed by atoms with Crippen LogP contribution in [0, 0.1) is 11.7 Å². The number of carbonyl (C=O) groups excluding carboxylic acids is 1. The lowest BCUT2D eigenvalue weighted by atomic mass is 9.79. The fourth-order valence-corrected chi connectivity index (χ4v) is 3.67. The van der Waals surface area contributed by atoms with Crippen LogP contribution in [0.5, 0.6) is 5.75 Å². The van der Waals surface area contributed by atoms with Crippen molar-refractivity contribution in [3.8, 4) is 5.75 Å². The van der Waals surface area contributed by atoms with E-state index in [1.54, 1.807) is 25.2 Å². The van der Waals surface area contributed by atoms with Crippen LogP contribution in [0.25, 0.3) is 0 Å². The molecule has 1 aliphatic heterocycles. The minimum Gasteiger partial charge on any atom is -0.487 e. The van der Waals surface area contributed by atoms with Gasteiger partial charge in [0.2, 0.25) is 0 Å². The maximum atomic E-state index is 13.8. The zero-order valence-electron chi connectivity index (χ0n) is 14.0. The summed E-state index contributed by atoms with van der Waals surface area (Å²) < 4.78 is 19.5. The van der Waals surface area contributed by atoms with E-state index in [2.05, 4.69) is 4.99 Å². The monoisotopic (exact) mass is 333 g/mol. The van der Waals surface area contributed by atoms with Gasteiger partial charge in [0.25, 0.3) is 5.91 Å². The molecule has 2 N–H and O–H groups in total. The molecule has 1 aliphatic carbocycles. The lowest BCUT2D eigenvalue weighted by Gasteiger charge is -2.31. The third-order valence-electron chi connectivity index (χ3n) is 5.03. The number of rotatable bonds is 5. The van der Waals surface area contributed by atoms with Crippen molar-refractivity contribution in [3.63, 3.8) is 0 Å². The summed E-state index contributed by atoms with van der Waals surface area (Å²) in [5, 5.41) is 0. The van der Waals surface area contributed by atoms with Gasteiger partial charge in [0.1, 0.15) is 6.61 Å². The van der Waals surface area contributed by atoms with Gasteiger partial charge in [0, 0.05) is 7.05 Å². The highest BCUT2D eigenvalue weighted by molar-refractivity contribution is 6.06. The standard InChI is InChI=1S/C18H24FN3O2/c1-22-16(23)18(21-17(22)20,11-13-7-3-2-4-8-13)12-24-15-10-6-5-9-14(15)19/h5-6,9-10,13H,2-4,7-8,11-12H2,1H3,(H2,20,21). The lowest BCUT2D eigenvalue weighted by molar-refractivity contribution is -0.132. The molecular formula is C18H24FN3O2. The van der Waals surface area contributed by atoms with Gasteiger partial charge in [0.15, 0.2) is 23.1 Å². The number of amides is 1. The molecule has 1 aromatic rings. The van der Waals surface area contributed by atoms with E-state index in [1.807, 2.05) is 0 Å². The van der Waals surface area contributed by atoms with Gasteiger partial charge in [-0.1, -0.05) is 44.2 Å². The number of benzene rings is 1. The zero-order valence-corrected chi connectivity index (χ0v) is 14.0. The van der Waals surface area contributed by atoms with Crippen molar-refractivity contribution >= 4 is 11.9 Å². The predicted molar refractivity (Wildman–Crippen MR) is 90.2 cm³/mol. The van der Waals surface area contributed by atoms with Crippen LogP contribution in [0.2, 0.25) is 0 Å². The first-order valence-electron chi connectivity index (χ1n) is 8.53. The largest absolute Gasteiger partial charge is 0.487 e. The molecule has 0 bridgehead atoms. The average Bonchev–Trinajstić information content (AvgIpc) is 2.79. The number of aliphatic imine (C=N–C) groups is 1. The molecule has 0 saturated heterocycles. The minimum absolute atomic E-state index is 0.00824. The molecule has 0 spiro atoms. The second kappa shape index (κ2) is 6.79. The van der Waals surface area contributed by atoms with Gasteiger partial charge in [-0.3, -0.25) is 9.69 Å². The number of halogens is 1. The fourth-order valence-electron chi connectivity index (χ4n) is 3.67. The third-order valence-corrected chi connectivity index (χ3v) is 5.03. The molecule has 2 aliphatic rings. The van der Waals surface area contributed by atoms with Crippen molar-refractivity contribution in [2.75, 3.05) is 13.7 Å². The van der Waals surface area contributed by atoms with Crippen molar-refractivity contribution in [3.05, 3.63) is 30.1 Å². The molecule has 1 saturated carbocycles. The molecule has 0 radical (unpaired) electrons. The van der Waals surface area contributed by atoms with Crippen LogP contribution in [0.1, 0.15) is 38.5 Å². The molecule has 1 fully saturated rings. The van der Waals surface area contributed by atoms with E-state index in [-0.39, 0.29) is 24.2 Å². The topological polar surface area (TPSA) is 67.9 Å². The lowest BCUT2D eigenvalue weighted by Crippen LogP contribution is -2.47. The number of nitrogens with two attached hydrogens (primary N) is 1. The average molecular weight is 333 g/mol. The molecule has 1 aromatic carbocycles. The van der Waals surface area contributed by atoms with Crippen LogP contribution in [0.4, 0.5) is 4.39 Å². The predicted octanol–water partition coefficient (Wildman–Crippen LogP) is 2.70. The van der Waals surface area contributed by atoms with Crippen LogP contribution >= 0.6 is 0 Å². The quantitative estimate of drug-likeness (QED) is 0.901. The van der Waals surface area contributed by atoms with Gasteiger partial charge in [-0.25, -0.2) is 9.38 Å². The summed E-state index contributed by atoms with van der Waals surface area (Å²) in [6.07, 6.45) is 6.39. The van der Waals surface area contributed by atoms with Crippen LogP contribution < -0.4 is 10.5 Å². The van der Waals surface area contributed by atoms with Gasteiger partial charge in [-0.2, -0.15) is 0 Å². The van der Waals surface area contributed by atoms with Gasteiger partial charge in [0.05, 0.1) is 0 Å². The molecular weight excluding hydrogens is 309 g/mol. The number of hydrogen-bond acceptors (Lipinski definition) is 4. The van der Waals surface area contributed by atoms with E-state index in [9.17, 15) is 9.18 Å². The van der Waals surface area contributed by atoms with Gasteiger partial charge in [-0.05, 0) is 24.5 Å². The van der Waals surface area contributed by atoms with E-state index in [0.29, 0.717) is 12.3 Å². The number of ether oxygens (including phenoxy) is 1. The molecule has 1 atom stereocenters. The first-order chi connectivity index (χ1) is 11.5.